The number of benzene rings is 2. The van der Waals surface area contributed by atoms with Crippen molar-refractivity contribution in [1.82, 2.24) is 9.97 Å². The van der Waals surface area contributed by atoms with Gasteiger partial charge in [0, 0.05) is 36.2 Å². The lowest BCUT2D eigenvalue weighted by Gasteiger charge is -2.17. The molecule has 1 fully saturated rings. The zero-order valence-electron chi connectivity index (χ0n) is 16.2. The van der Waals surface area contributed by atoms with E-state index in [4.69, 9.17) is 0 Å². The Morgan fingerprint density at radius 2 is 1.76 bits per heavy atom. The molecule has 4 rings (SSSR count). The van der Waals surface area contributed by atoms with Gasteiger partial charge in [-0.05, 0) is 62.2 Å². The molecule has 0 unspecified atom stereocenters. The molecule has 7 heteroatoms. The van der Waals surface area contributed by atoms with Gasteiger partial charge in [0.2, 0.25) is 0 Å². The fourth-order valence-corrected chi connectivity index (χ4v) is 3.39. The monoisotopic (exact) mass is 391 g/mol. The SMILES string of the molecule is Cc1nc(Nc2cccc(F)c2)cc(C(=O)Nc2ccc(N3CCCC3)cc2)n1. The summed E-state index contributed by atoms with van der Waals surface area (Å²) in [4.78, 5) is 23.5. The number of carbonyl (C=O) groups is 1. The summed E-state index contributed by atoms with van der Waals surface area (Å²) in [6.45, 7) is 3.86. The molecule has 1 aromatic heterocycles. The van der Waals surface area contributed by atoms with E-state index in [-0.39, 0.29) is 17.4 Å². The molecule has 1 saturated heterocycles. The Morgan fingerprint density at radius 1 is 1.00 bits per heavy atom. The Labute approximate surface area is 168 Å². The van der Waals surface area contributed by atoms with Gasteiger partial charge < -0.3 is 15.5 Å². The minimum absolute atomic E-state index is 0.236. The fraction of sp³-hybridized carbons (Fsp3) is 0.227. The predicted octanol–water partition coefficient (Wildman–Crippen LogP) is 4.52. The van der Waals surface area contributed by atoms with Crippen molar-refractivity contribution in [3.8, 4) is 0 Å². The van der Waals surface area contributed by atoms with Gasteiger partial charge in [-0.3, -0.25) is 4.79 Å². The molecular formula is C22H22FN5O. The number of carbonyl (C=O) groups excluding carboxylic acids is 1. The lowest BCUT2D eigenvalue weighted by molar-refractivity contribution is 0.102. The van der Waals surface area contributed by atoms with Crippen LogP contribution in [0.1, 0.15) is 29.2 Å². The van der Waals surface area contributed by atoms with Gasteiger partial charge in [0.15, 0.2) is 0 Å². The average Bonchev–Trinajstić information content (AvgIpc) is 3.23. The van der Waals surface area contributed by atoms with Crippen molar-refractivity contribution >= 4 is 28.8 Å². The first-order valence-electron chi connectivity index (χ1n) is 9.61. The average molecular weight is 391 g/mol. The number of rotatable bonds is 5. The lowest BCUT2D eigenvalue weighted by atomic mass is 10.2. The maximum absolute atomic E-state index is 13.4. The molecule has 1 aliphatic rings. The molecule has 1 amide bonds. The highest BCUT2D eigenvalue weighted by Gasteiger charge is 2.14. The van der Waals surface area contributed by atoms with E-state index in [1.54, 1.807) is 25.1 Å². The molecule has 29 heavy (non-hydrogen) atoms. The number of hydrogen-bond donors (Lipinski definition) is 2. The van der Waals surface area contributed by atoms with Gasteiger partial charge in [0.25, 0.3) is 5.91 Å². The van der Waals surface area contributed by atoms with Crippen LogP contribution < -0.4 is 15.5 Å². The first-order chi connectivity index (χ1) is 14.1. The Hall–Kier alpha value is -3.48. The van der Waals surface area contributed by atoms with E-state index in [1.807, 2.05) is 24.3 Å². The molecule has 0 atom stereocenters. The summed E-state index contributed by atoms with van der Waals surface area (Å²) < 4.78 is 13.4. The summed E-state index contributed by atoms with van der Waals surface area (Å²) >= 11 is 0. The minimum atomic E-state index is -0.351. The maximum atomic E-state index is 13.4. The molecule has 2 heterocycles. The van der Waals surface area contributed by atoms with E-state index < -0.39 is 0 Å². The maximum Gasteiger partial charge on any atom is 0.274 e. The lowest BCUT2D eigenvalue weighted by Crippen LogP contribution is -2.18. The third kappa shape index (κ3) is 4.68. The zero-order valence-corrected chi connectivity index (χ0v) is 16.2. The molecule has 3 aromatic rings. The summed E-state index contributed by atoms with van der Waals surface area (Å²) in [7, 11) is 0. The van der Waals surface area contributed by atoms with Gasteiger partial charge in [-0.1, -0.05) is 6.07 Å². The van der Waals surface area contributed by atoms with Gasteiger partial charge in [-0.2, -0.15) is 0 Å². The number of amides is 1. The molecule has 2 N–H and O–H groups in total. The predicted molar refractivity (Wildman–Crippen MR) is 112 cm³/mol. The Kier molecular flexibility index (Phi) is 5.37. The molecule has 148 valence electrons. The third-order valence-electron chi connectivity index (χ3n) is 4.76. The van der Waals surface area contributed by atoms with Crippen LogP contribution in [0.4, 0.5) is 27.3 Å². The molecule has 1 aliphatic heterocycles. The second-order valence-corrected chi connectivity index (χ2v) is 7.02. The summed E-state index contributed by atoms with van der Waals surface area (Å²) in [6, 6.07) is 15.4. The standard InChI is InChI=1S/C22H22FN5O/c1-15-24-20(14-21(25-15)26-18-6-4-5-16(23)13-18)22(29)27-17-7-9-19(10-8-17)28-11-2-3-12-28/h4-10,13-14H,2-3,11-12H2,1H3,(H,27,29)(H,24,25,26). The molecule has 0 aliphatic carbocycles. The van der Waals surface area contributed by atoms with Crippen molar-refractivity contribution in [3.63, 3.8) is 0 Å². The fourth-order valence-electron chi connectivity index (χ4n) is 3.39. The van der Waals surface area contributed by atoms with Crippen LogP contribution in [0.2, 0.25) is 0 Å². The highest BCUT2D eigenvalue weighted by molar-refractivity contribution is 6.03. The Balaban J connectivity index is 1.47. The first kappa shape index (κ1) is 18.9. The number of nitrogens with zero attached hydrogens (tertiary/aromatic N) is 3. The van der Waals surface area contributed by atoms with Crippen molar-refractivity contribution in [2.45, 2.75) is 19.8 Å². The number of aromatic nitrogens is 2. The molecular weight excluding hydrogens is 369 g/mol. The van der Waals surface area contributed by atoms with Crippen LogP contribution in [0.25, 0.3) is 0 Å². The summed E-state index contributed by atoms with van der Waals surface area (Å²) in [6.07, 6.45) is 2.44. The van der Waals surface area contributed by atoms with Crippen molar-refractivity contribution in [1.29, 1.82) is 0 Å². The molecule has 6 nitrogen and oxygen atoms in total. The van der Waals surface area contributed by atoms with Crippen molar-refractivity contribution in [2.24, 2.45) is 0 Å². The van der Waals surface area contributed by atoms with Crippen LogP contribution in [0.3, 0.4) is 0 Å². The second-order valence-electron chi connectivity index (χ2n) is 7.02. The number of aryl methyl sites for hydroxylation is 1. The van der Waals surface area contributed by atoms with Crippen molar-refractivity contribution < 1.29 is 9.18 Å². The highest BCUT2D eigenvalue weighted by Crippen LogP contribution is 2.22. The first-order valence-corrected chi connectivity index (χ1v) is 9.61. The van der Waals surface area contributed by atoms with Crippen LogP contribution >= 0.6 is 0 Å². The van der Waals surface area contributed by atoms with Gasteiger partial charge in [0.05, 0.1) is 0 Å². The number of anilines is 4. The van der Waals surface area contributed by atoms with E-state index in [0.29, 0.717) is 23.0 Å². The van der Waals surface area contributed by atoms with Crippen LogP contribution in [0.5, 0.6) is 0 Å². The van der Waals surface area contributed by atoms with E-state index in [0.717, 1.165) is 13.1 Å². The van der Waals surface area contributed by atoms with E-state index in [9.17, 15) is 9.18 Å². The molecule has 0 radical (unpaired) electrons. The Bertz CT molecular complexity index is 1020. The van der Waals surface area contributed by atoms with Gasteiger partial charge in [-0.25, -0.2) is 14.4 Å². The van der Waals surface area contributed by atoms with Gasteiger partial charge >= 0.3 is 0 Å². The molecule has 0 spiro atoms. The largest absolute Gasteiger partial charge is 0.372 e. The van der Waals surface area contributed by atoms with Crippen molar-refractivity contribution in [3.05, 3.63) is 71.9 Å². The number of nitrogens with one attached hydrogen (secondary N) is 2. The minimum Gasteiger partial charge on any atom is -0.372 e. The highest BCUT2D eigenvalue weighted by atomic mass is 19.1. The second kappa shape index (κ2) is 8.26. The Morgan fingerprint density at radius 3 is 2.48 bits per heavy atom. The summed E-state index contributed by atoms with van der Waals surface area (Å²) in [5, 5.41) is 5.87. The normalized spacial score (nSPS) is 13.4. The van der Waals surface area contributed by atoms with Crippen LogP contribution in [-0.4, -0.2) is 29.0 Å². The van der Waals surface area contributed by atoms with Crippen LogP contribution in [0.15, 0.2) is 54.6 Å². The molecule has 2 aromatic carbocycles. The van der Waals surface area contributed by atoms with Crippen molar-refractivity contribution in [2.75, 3.05) is 28.6 Å². The zero-order chi connectivity index (χ0) is 20.2. The molecule has 0 saturated carbocycles. The quantitative estimate of drug-likeness (QED) is 0.669. The topological polar surface area (TPSA) is 70.2 Å². The van der Waals surface area contributed by atoms with Crippen LogP contribution in [-0.2, 0) is 0 Å². The van der Waals surface area contributed by atoms with E-state index in [1.165, 1.54) is 30.7 Å². The smallest absolute Gasteiger partial charge is 0.274 e. The third-order valence-corrected chi connectivity index (χ3v) is 4.76. The summed E-state index contributed by atoms with van der Waals surface area (Å²) in [5.74, 6) is 0.196. The van der Waals surface area contributed by atoms with Crippen LogP contribution in [0, 0.1) is 12.7 Å². The number of halogens is 1. The number of hydrogen-bond acceptors (Lipinski definition) is 5. The molecule has 0 bridgehead atoms. The van der Waals surface area contributed by atoms with Gasteiger partial charge in [0.1, 0.15) is 23.2 Å². The summed E-state index contributed by atoms with van der Waals surface area (Å²) in [5.41, 5.74) is 2.65. The van der Waals surface area contributed by atoms with Gasteiger partial charge in [-0.15, -0.1) is 0 Å². The van der Waals surface area contributed by atoms with E-state index >= 15 is 0 Å². The van der Waals surface area contributed by atoms with E-state index in [2.05, 4.69) is 25.5 Å².